The lowest BCUT2D eigenvalue weighted by atomic mass is 10.1. The Bertz CT molecular complexity index is 765. The van der Waals surface area contributed by atoms with Gasteiger partial charge in [0.05, 0.1) is 5.56 Å². The molecule has 4 rings (SSSR count). The molecule has 4 nitrogen and oxygen atoms in total. The third kappa shape index (κ3) is 1.82. The van der Waals surface area contributed by atoms with Crippen molar-refractivity contribution < 1.29 is 13.9 Å². The Balaban J connectivity index is 1.80. The van der Waals surface area contributed by atoms with Gasteiger partial charge in [-0.25, -0.2) is 0 Å². The molecule has 0 N–H and O–H groups in total. The Morgan fingerprint density at radius 3 is 2.90 bits per heavy atom. The van der Waals surface area contributed by atoms with Crippen LogP contribution in [0.1, 0.15) is 23.2 Å². The summed E-state index contributed by atoms with van der Waals surface area (Å²) in [5, 5.41) is 0. The molecule has 0 saturated carbocycles. The third-order valence-corrected chi connectivity index (χ3v) is 4.21. The summed E-state index contributed by atoms with van der Waals surface area (Å²) in [5.74, 6) is 0.996. The summed E-state index contributed by atoms with van der Waals surface area (Å²) in [5.41, 5.74) is 4.83. The van der Waals surface area contributed by atoms with Crippen LogP contribution in [0.25, 0.3) is 0 Å². The zero-order chi connectivity index (χ0) is 14.6. The first-order valence-corrected chi connectivity index (χ1v) is 7.22. The fourth-order valence-electron chi connectivity index (χ4n) is 3.05. The summed E-state index contributed by atoms with van der Waals surface area (Å²) in [6.07, 6.45) is 4.26. The molecule has 4 heteroatoms. The number of benzene rings is 1. The summed E-state index contributed by atoms with van der Waals surface area (Å²) >= 11 is 0. The van der Waals surface area contributed by atoms with Gasteiger partial charge in [0.25, 0.3) is 5.69 Å². The normalized spacial score (nSPS) is 18.2. The minimum Gasteiger partial charge on any atom is -0.380 e. The van der Waals surface area contributed by atoms with Crippen molar-refractivity contribution in [3.63, 3.8) is 0 Å². The molecular weight excluding hydrogens is 262 g/mol. The van der Waals surface area contributed by atoms with Gasteiger partial charge in [0, 0.05) is 31.9 Å². The highest BCUT2D eigenvalue weighted by atomic mass is 16.5. The van der Waals surface area contributed by atoms with E-state index in [2.05, 4.69) is 77.8 Å². The van der Waals surface area contributed by atoms with E-state index < -0.39 is 0 Å². The molecule has 0 saturated heterocycles. The maximum atomic E-state index is 6.26. The Labute approximate surface area is 124 Å². The Hall–Kier alpha value is -2.36. The van der Waals surface area contributed by atoms with Gasteiger partial charge >= 0.3 is 6.35 Å². The third-order valence-electron chi connectivity index (χ3n) is 4.21. The molecular formula is C17H19N3O+2. The minimum absolute atomic E-state index is 0.0650. The van der Waals surface area contributed by atoms with Crippen molar-refractivity contribution in [2.75, 3.05) is 19.0 Å². The predicted molar refractivity (Wildman–Crippen MR) is 80.9 cm³/mol. The van der Waals surface area contributed by atoms with E-state index in [1.54, 1.807) is 0 Å². The molecule has 2 aliphatic rings. The van der Waals surface area contributed by atoms with Crippen LogP contribution in [0.5, 0.6) is 5.75 Å². The number of fused-ring (bicyclic) bond motifs is 4. The van der Waals surface area contributed by atoms with E-state index in [0.29, 0.717) is 0 Å². The van der Waals surface area contributed by atoms with Crippen molar-refractivity contribution in [2.24, 2.45) is 0 Å². The molecule has 2 aromatic rings. The van der Waals surface area contributed by atoms with Crippen LogP contribution in [0.3, 0.4) is 0 Å². The molecule has 0 aliphatic carbocycles. The lowest BCUT2D eigenvalue weighted by Crippen LogP contribution is -2.45. The Morgan fingerprint density at radius 2 is 2.10 bits per heavy atom. The maximum Gasteiger partial charge on any atom is 0.512 e. The van der Waals surface area contributed by atoms with Gasteiger partial charge in [-0.15, -0.1) is 4.58 Å². The number of aryl methyl sites for hydroxylation is 1. The number of hydrogen-bond acceptors (Lipinski definition) is 2. The zero-order valence-electron chi connectivity index (χ0n) is 12.6. The smallest absolute Gasteiger partial charge is 0.380 e. The first-order chi connectivity index (χ1) is 10.1. The van der Waals surface area contributed by atoms with Crippen molar-refractivity contribution in [3.05, 3.63) is 53.3 Å². The van der Waals surface area contributed by atoms with Gasteiger partial charge in [-0.05, 0) is 18.6 Å². The second-order valence-electron chi connectivity index (χ2n) is 5.92. The quantitative estimate of drug-likeness (QED) is 0.743. The monoisotopic (exact) mass is 281 g/mol. The van der Waals surface area contributed by atoms with Crippen LogP contribution < -0.4 is 14.2 Å². The summed E-state index contributed by atoms with van der Waals surface area (Å²) < 4.78 is 10.7. The molecule has 0 bridgehead atoms. The van der Waals surface area contributed by atoms with Gasteiger partial charge in [-0.2, -0.15) is 0 Å². The molecule has 1 aromatic heterocycles. The van der Waals surface area contributed by atoms with Gasteiger partial charge in [0.1, 0.15) is 5.75 Å². The molecule has 21 heavy (non-hydrogen) atoms. The molecule has 1 atom stereocenters. The highest BCUT2D eigenvalue weighted by molar-refractivity contribution is 5.81. The number of rotatable bonds is 1. The Morgan fingerprint density at radius 1 is 1.24 bits per heavy atom. The van der Waals surface area contributed by atoms with Crippen molar-refractivity contribution in [1.82, 2.24) is 0 Å². The standard InChI is InChI=1S/C17H19N3O/c1-12-5-4-6-13-10-19-11-15-9-14(18(2)3)7-8-20(15)17(19)21-16(12)13/h4-10,17H,11H2,1-3H3/q+2. The summed E-state index contributed by atoms with van der Waals surface area (Å²) in [6.45, 7) is 2.97. The molecule has 3 heterocycles. The van der Waals surface area contributed by atoms with Gasteiger partial charge < -0.3 is 9.64 Å². The van der Waals surface area contributed by atoms with E-state index in [-0.39, 0.29) is 6.35 Å². The van der Waals surface area contributed by atoms with Crippen LogP contribution in [0.15, 0.2) is 36.5 Å². The van der Waals surface area contributed by atoms with E-state index in [9.17, 15) is 0 Å². The summed E-state index contributed by atoms with van der Waals surface area (Å²) in [6, 6.07) is 10.6. The molecule has 0 amide bonds. The fraction of sp³-hybridized carbons (Fsp3) is 0.294. The Kier molecular flexibility index (Phi) is 2.55. The molecule has 2 aliphatic heterocycles. The average molecular weight is 281 g/mol. The van der Waals surface area contributed by atoms with Gasteiger partial charge in [0.2, 0.25) is 6.54 Å². The molecule has 0 radical (unpaired) electrons. The van der Waals surface area contributed by atoms with Crippen LogP contribution in [0.4, 0.5) is 5.69 Å². The number of anilines is 1. The average Bonchev–Trinajstić information content (AvgIpc) is 2.82. The van der Waals surface area contributed by atoms with Crippen LogP contribution in [0.2, 0.25) is 0 Å². The van der Waals surface area contributed by atoms with Crippen LogP contribution in [0, 0.1) is 6.92 Å². The lowest BCUT2D eigenvalue weighted by molar-refractivity contribution is -0.880. The number of ether oxygens (including phenoxy) is 1. The van der Waals surface area contributed by atoms with Crippen molar-refractivity contribution in [2.45, 2.75) is 19.8 Å². The van der Waals surface area contributed by atoms with Gasteiger partial charge in [-0.3, -0.25) is 0 Å². The van der Waals surface area contributed by atoms with Gasteiger partial charge in [0.15, 0.2) is 12.4 Å². The molecule has 106 valence electrons. The van der Waals surface area contributed by atoms with Gasteiger partial charge in [-0.1, -0.05) is 16.7 Å². The van der Waals surface area contributed by atoms with E-state index in [4.69, 9.17) is 4.74 Å². The summed E-state index contributed by atoms with van der Waals surface area (Å²) in [4.78, 5) is 2.13. The highest BCUT2D eigenvalue weighted by Gasteiger charge is 2.46. The van der Waals surface area contributed by atoms with Crippen molar-refractivity contribution >= 4 is 11.9 Å². The number of nitrogens with zero attached hydrogens (tertiary/aromatic N) is 3. The number of aromatic nitrogens is 1. The largest absolute Gasteiger partial charge is 0.512 e. The number of pyridine rings is 1. The minimum atomic E-state index is -0.0650. The second-order valence-corrected chi connectivity index (χ2v) is 5.92. The van der Waals surface area contributed by atoms with Crippen LogP contribution >= 0.6 is 0 Å². The number of hydrogen-bond donors (Lipinski definition) is 0. The first kappa shape index (κ1) is 12.4. The SMILES string of the molecule is Cc1cccc2c1OC1[N+](=C2)Cc2cc(N(C)C)cc[n+]21. The fourth-order valence-corrected chi connectivity index (χ4v) is 3.05. The second kappa shape index (κ2) is 4.32. The number of para-hydroxylation sites is 1. The first-order valence-electron chi connectivity index (χ1n) is 7.22. The molecule has 0 spiro atoms. The van der Waals surface area contributed by atoms with Crippen molar-refractivity contribution in [3.8, 4) is 5.75 Å². The summed E-state index contributed by atoms with van der Waals surface area (Å²) in [7, 11) is 4.13. The van der Waals surface area contributed by atoms with E-state index in [1.165, 1.54) is 16.9 Å². The van der Waals surface area contributed by atoms with E-state index in [1.807, 2.05) is 0 Å². The van der Waals surface area contributed by atoms with Crippen LogP contribution in [-0.4, -0.2) is 24.9 Å². The molecule has 1 aromatic carbocycles. The zero-order valence-corrected chi connectivity index (χ0v) is 12.6. The predicted octanol–water partition coefficient (Wildman–Crippen LogP) is 1.84. The van der Waals surface area contributed by atoms with Crippen LogP contribution in [-0.2, 0) is 6.54 Å². The highest BCUT2D eigenvalue weighted by Crippen LogP contribution is 2.31. The van der Waals surface area contributed by atoms with E-state index in [0.717, 1.165) is 17.9 Å². The topological polar surface area (TPSA) is 19.4 Å². The lowest BCUT2D eigenvalue weighted by Gasteiger charge is -2.15. The van der Waals surface area contributed by atoms with Crippen molar-refractivity contribution in [1.29, 1.82) is 0 Å². The van der Waals surface area contributed by atoms with E-state index >= 15 is 0 Å². The maximum absolute atomic E-state index is 6.26. The molecule has 0 fully saturated rings. The molecule has 1 unspecified atom stereocenters.